The highest BCUT2D eigenvalue weighted by Gasteiger charge is 2.29. The first-order valence-corrected chi connectivity index (χ1v) is 11.5. The number of hydrogen-bond donors (Lipinski definition) is 1. The number of piperidine rings is 1. The number of benzene rings is 1. The van der Waals surface area contributed by atoms with Crippen molar-refractivity contribution in [3.05, 3.63) is 35.1 Å². The molecule has 3 rings (SSSR count). The van der Waals surface area contributed by atoms with E-state index in [2.05, 4.69) is 15.0 Å². The first kappa shape index (κ1) is 23.5. The molecule has 1 aromatic carbocycles. The largest absolute Gasteiger partial charge is 0.444 e. The van der Waals surface area contributed by atoms with Crippen LogP contribution >= 0.6 is 12.2 Å². The fourth-order valence-electron chi connectivity index (χ4n) is 3.90. The van der Waals surface area contributed by atoms with Gasteiger partial charge >= 0.3 is 6.09 Å². The van der Waals surface area contributed by atoms with Crippen LogP contribution in [0.15, 0.2) is 30.3 Å². The number of carbonyl (C=O) groups excluding carboxylic acids is 1. The van der Waals surface area contributed by atoms with Gasteiger partial charge in [-0.2, -0.15) is 4.98 Å². The summed E-state index contributed by atoms with van der Waals surface area (Å²) in [6, 6.07) is 10.1. The molecule has 0 spiro atoms. The summed E-state index contributed by atoms with van der Waals surface area (Å²) in [7, 11) is 0. The molecular formula is C23H35N5O2S. The minimum Gasteiger partial charge on any atom is -0.444 e. The first-order valence-electron chi connectivity index (χ1n) is 11.1. The average molecular weight is 446 g/mol. The van der Waals surface area contributed by atoms with E-state index in [9.17, 15) is 4.79 Å². The molecule has 1 atom stereocenters. The van der Waals surface area contributed by atoms with E-state index in [1.165, 1.54) is 0 Å². The maximum atomic E-state index is 12.7. The summed E-state index contributed by atoms with van der Waals surface area (Å²) in [5, 5.41) is 3.34. The summed E-state index contributed by atoms with van der Waals surface area (Å²) in [5.74, 6) is 1.18. The van der Waals surface area contributed by atoms with Gasteiger partial charge < -0.3 is 9.64 Å². The fraction of sp³-hybridized carbons (Fsp3) is 0.609. The van der Waals surface area contributed by atoms with Crippen molar-refractivity contribution in [2.45, 2.75) is 65.8 Å². The zero-order valence-electron chi connectivity index (χ0n) is 19.3. The maximum Gasteiger partial charge on any atom is 0.410 e. The standard InChI is InChI=1S/C23H35N5O2S/c1-17(2)27(22(29)30-23(3,4)5)15-18-10-9-13-26(14-18)16-28-21(31)24-20(25-28)19-11-7-6-8-12-19/h6-8,11-12,17-18H,9-10,13-16H2,1-5H3,(H,24,25,31). The number of hydrogen-bond acceptors (Lipinski definition) is 5. The smallest absolute Gasteiger partial charge is 0.410 e. The van der Waals surface area contributed by atoms with Crippen molar-refractivity contribution in [2.24, 2.45) is 5.92 Å². The Hall–Kier alpha value is -2.19. The predicted molar refractivity (Wildman–Crippen MR) is 125 cm³/mol. The quantitative estimate of drug-likeness (QED) is 0.639. The summed E-state index contributed by atoms with van der Waals surface area (Å²) in [6.07, 6.45) is 1.97. The van der Waals surface area contributed by atoms with Crippen LogP contribution in [0.25, 0.3) is 11.4 Å². The third kappa shape index (κ3) is 6.64. The number of likely N-dealkylation sites (tertiary alicyclic amines) is 1. The van der Waals surface area contributed by atoms with Gasteiger partial charge in [0.15, 0.2) is 5.82 Å². The molecule has 0 aliphatic carbocycles. The summed E-state index contributed by atoms with van der Waals surface area (Å²) in [6.45, 7) is 13.1. The van der Waals surface area contributed by atoms with E-state index in [4.69, 9.17) is 17.0 Å². The topological polar surface area (TPSA) is 66.4 Å². The van der Waals surface area contributed by atoms with E-state index in [-0.39, 0.29) is 12.1 Å². The number of ether oxygens (including phenoxy) is 1. The Morgan fingerprint density at radius 2 is 2.03 bits per heavy atom. The molecule has 1 aromatic heterocycles. The highest BCUT2D eigenvalue weighted by molar-refractivity contribution is 7.71. The molecule has 1 unspecified atom stereocenters. The summed E-state index contributed by atoms with van der Waals surface area (Å²) in [4.78, 5) is 21.4. The molecule has 2 aromatic rings. The molecule has 1 aliphatic heterocycles. The minimum atomic E-state index is -0.490. The van der Waals surface area contributed by atoms with Crippen LogP contribution in [0.3, 0.4) is 0 Å². The van der Waals surface area contributed by atoms with Gasteiger partial charge in [0.1, 0.15) is 5.60 Å². The third-order valence-corrected chi connectivity index (χ3v) is 5.69. The van der Waals surface area contributed by atoms with Gasteiger partial charge in [0.2, 0.25) is 4.77 Å². The van der Waals surface area contributed by atoms with Gasteiger partial charge in [0, 0.05) is 24.7 Å². The zero-order valence-corrected chi connectivity index (χ0v) is 20.1. The minimum absolute atomic E-state index is 0.0971. The Kier molecular flexibility index (Phi) is 7.54. The molecular weight excluding hydrogens is 410 g/mol. The fourth-order valence-corrected chi connectivity index (χ4v) is 4.10. The van der Waals surface area contributed by atoms with Gasteiger partial charge in [-0.1, -0.05) is 30.3 Å². The molecule has 0 bridgehead atoms. The van der Waals surface area contributed by atoms with Crippen LogP contribution in [0.4, 0.5) is 4.79 Å². The van der Waals surface area contributed by atoms with Crippen molar-refractivity contribution >= 4 is 18.3 Å². The molecule has 0 saturated carbocycles. The van der Waals surface area contributed by atoms with Crippen LogP contribution < -0.4 is 0 Å². The van der Waals surface area contributed by atoms with Crippen molar-refractivity contribution in [3.8, 4) is 11.4 Å². The number of aromatic amines is 1. The van der Waals surface area contributed by atoms with Crippen molar-refractivity contribution < 1.29 is 9.53 Å². The number of nitrogens with zero attached hydrogens (tertiary/aromatic N) is 4. The Balaban J connectivity index is 1.63. The number of nitrogens with one attached hydrogen (secondary N) is 1. The molecule has 1 saturated heterocycles. The molecule has 2 heterocycles. The Morgan fingerprint density at radius 1 is 1.32 bits per heavy atom. The first-order chi connectivity index (χ1) is 14.6. The predicted octanol–water partition coefficient (Wildman–Crippen LogP) is 4.92. The highest BCUT2D eigenvalue weighted by Crippen LogP contribution is 2.21. The van der Waals surface area contributed by atoms with Gasteiger partial charge in [0.25, 0.3) is 0 Å². The lowest BCUT2D eigenvalue weighted by Gasteiger charge is -2.37. The van der Waals surface area contributed by atoms with E-state index in [0.717, 1.165) is 37.3 Å². The highest BCUT2D eigenvalue weighted by atomic mass is 32.1. The van der Waals surface area contributed by atoms with Crippen LogP contribution in [0.5, 0.6) is 0 Å². The van der Waals surface area contributed by atoms with Crippen LogP contribution in [0.2, 0.25) is 0 Å². The molecule has 31 heavy (non-hydrogen) atoms. The van der Waals surface area contributed by atoms with Gasteiger partial charge in [-0.15, -0.1) is 0 Å². The second-order valence-electron chi connectivity index (χ2n) is 9.60. The van der Waals surface area contributed by atoms with Crippen LogP contribution in [0.1, 0.15) is 47.5 Å². The number of amides is 1. The van der Waals surface area contributed by atoms with E-state index in [0.29, 0.717) is 23.9 Å². The molecule has 7 nitrogen and oxygen atoms in total. The Bertz CT molecular complexity index is 916. The van der Waals surface area contributed by atoms with E-state index in [1.807, 2.05) is 74.5 Å². The van der Waals surface area contributed by atoms with Crippen LogP contribution in [-0.2, 0) is 11.4 Å². The molecule has 1 amide bonds. The lowest BCUT2D eigenvalue weighted by atomic mass is 9.97. The molecule has 1 aliphatic rings. The molecule has 8 heteroatoms. The summed E-state index contributed by atoms with van der Waals surface area (Å²) < 4.78 is 8.11. The second-order valence-corrected chi connectivity index (χ2v) is 9.97. The number of carbonyl (C=O) groups is 1. The molecule has 170 valence electrons. The number of aromatic nitrogens is 3. The van der Waals surface area contributed by atoms with Gasteiger partial charge in [0.05, 0.1) is 6.67 Å². The summed E-state index contributed by atoms with van der Waals surface area (Å²) in [5.41, 5.74) is 0.532. The zero-order chi connectivity index (χ0) is 22.6. The van der Waals surface area contributed by atoms with Crippen molar-refractivity contribution in [1.29, 1.82) is 0 Å². The lowest BCUT2D eigenvalue weighted by molar-refractivity contribution is 0.0108. The van der Waals surface area contributed by atoms with E-state index >= 15 is 0 Å². The van der Waals surface area contributed by atoms with Gasteiger partial charge in [-0.3, -0.25) is 10.00 Å². The second kappa shape index (κ2) is 9.96. The lowest BCUT2D eigenvalue weighted by Crippen LogP contribution is -2.47. The average Bonchev–Trinajstić information content (AvgIpc) is 3.06. The van der Waals surface area contributed by atoms with E-state index in [1.54, 1.807) is 0 Å². The van der Waals surface area contributed by atoms with Crippen molar-refractivity contribution in [2.75, 3.05) is 19.6 Å². The van der Waals surface area contributed by atoms with Crippen molar-refractivity contribution in [3.63, 3.8) is 0 Å². The molecule has 1 N–H and O–H groups in total. The maximum absolute atomic E-state index is 12.7. The van der Waals surface area contributed by atoms with Gasteiger partial charge in [-0.05, 0) is 72.1 Å². The summed E-state index contributed by atoms with van der Waals surface area (Å²) >= 11 is 5.48. The molecule has 0 radical (unpaired) electrons. The number of H-pyrrole nitrogens is 1. The molecule has 1 fully saturated rings. The van der Waals surface area contributed by atoms with Crippen LogP contribution in [0, 0.1) is 10.7 Å². The Morgan fingerprint density at radius 3 is 2.68 bits per heavy atom. The van der Waals surface area contributed by atoms with Crippen LogP contribution in [-0.4, -0.2) is 61.9 Å². The number of rotatable bonds is 6. The Labute approximate surface area is 190 Å². The third-order valence-electron chi connectivity index (χ3n) is 5.38. The monoisotopic (exact) mass is 445 g/mol. The normalized spacial score (nSPS) is 17.7. The van der Waals surface area contributed by atoms with Crippen molar-refractivity contribution in [1.82, 2.24) is 24.6 Å². The van der Waals surface area contributed by atoms with E-state index < -0.39 is 5.60 Å². The van der Waals surface area contributed by atoms with Gasteiger partial charge in [-0.25, -0.2) is 9.48 Å². The SMILES string of the molecule is CC(C)N(CC1CCCN(Cn2[nH]c(-c3ccccc3)nc2=S)C1)C(=O)OC(C)(C)C.